The molecule has 5 aromatic carbocycles. The minimum absolute atomic E-state index is 0.175. The largest absolute Gasteiger partial charge is 0.477 e. The van der Waals surface area contributed by atoms with Gasteiger partial charge in [-0.1, -0.05) is 121 Å². The van der Waals surface area contributed by atoms with Crippen LogP contribution in [-0.4, -0.2) is 22.2 Å². The summed E-state index contributed by atoms with van der Waals surface area (Å²) in [7, 11) is 0. The zero-order valence-electron chi connectivity index (χ0n) is 34.2. The van der Waals surface area contributed by atoms with Gasteiger partial charge in [0.15, 0.2) is 0 Å². The van der Waals surface area contributed by atoms with E-state index >= 15 is 0 Å². The fraction of sp³-hybridized carbons (Fsp3) is 0.0943. The number of allylic oxidation sites excluding steroid dienone is 2. The number of thioether (sulfide) groups is 1. The second kappa shape index (κ2) is 19.3. The number of rotatable bonds is 13. The van der Waals surface area contributed by atoms with Crippen molar-refractivity contribution in [3.63, 3.8) is 0 Å². The van der Waals surface area contributed by atoms with E-state index in [-0.39, 0.29) is 16.4 Å². The predicted octanol–water partition coefficient (Wildman–Crippen LogP) is 13.7. The molecule has 1 atom stereocenters. The number of thiophene rings is 1. The molecule has 2 heterocycles. The lowest BCUT2D eigenvalue weighted by atomic mass is 10.0. The third kappa shape index (κ3) is 10.3. The zero-order chi connectivity index (χ0) is 43.8. The lowest BCUT2D eigenvalue weighted by Gasteiger charge is -2.29. The molecular formula is C53H41N3O4S2. The molecule has 1 unspecified atom stereocenters. The summed E-state index contributed by atoms with van der Waals surface area (Å²) in [5.41, 5.74) is 12.7. The smallest absolute Gasteiger partial charge is 0.346 e. The number of nitriles is 2. The van der Waals surface area contributed by atoms with Crippen LogP contribution in [0.2, 0.25) is 0 Å². The number of carbonyl (C=O) groups is 2. The molecule has 2 N–H and O–H groups in total. The summed E-state index contributed by atoms with van der Waals surface area (Å²) in [6.07, 6.45) is 14.0. The van der Waals surface area contributed by atoms with E-state index in [1.165, 1.54) is 40.2 Å². The van der Waals surface area contributed by atoms with E-state index in [0.29, 0.717) is 4.88 Å². The summed E-state index contributed by atoms with van der Waals surface area (Å²) < 4.78 is 0. The Morgan fingerprint density at radius 3 is 1.60 bits per heavy atom. The van der Waals surface area contributed by atoms with Crippen molar-refractivity contribution >= 4 is 82.5 Å². The summed E-state index contributed by atoms with van der Waals surface area (Å²) >= 11 is 3.01. The Kier molecular flexibility index (Phi) is 13.3. The molecule has 0 amide bonds. The third-order valence-corrected chi connectivity index (χ3v) is 12.7. The highest BCUT2D eigenvalue weighted by Gasteiger charge is 2.21. The first-order valence-corrected chi connectivity index (χ1v) is 21.5. The van der Waals surface area contributed by atoms with Crippen LogP contribution in [0.5, 0.6) is 0 Å². The maximum Gasteiger partial charge on any atom is 0.346 e. The van der Waals surface area contributed by atoms with Crippen molar-refractivity contribution < 1.29 is 19.8 Å². The second-order valence-corrected chi connectivity index (χ2v) is 17.2. The summed E-state index contributed by atoms with van der Waals surface area (Å²) in [5.74, 6) is -2.45. The number of nitrogens with zero attached hydrogens (tertiary/aromatic N) is 3. The molecule has 0 spiro atoms. The van der Waals surface area contributed by atoms with Gasteiger partial charge in [-0.15, -0.1) is 23.1 Å². The minimum Gasteiger partial charge on any atom is -0.477 e. The Morgan fingerprint density at radius 1 is 0.645 bits per heavy atom. The number of carboxylic acids is 2. The van der Waals surface area contributed by atoms with Gasteiger partial charge in [0.2, 0.25) is 0 Å². The normalized spacial score (nSPS) is 14.1. The van der Waals surface area contributed by atoms with Gasteiger partial charge < -0.3 is 15.1 Å². The summed E-state index contributed by atoms with van der Waals surface area (Å²) in [6, 6.07) is 45.4. The molecule has 304 valence electrons. The Balaban J connectivity index is 1.04. The number of hydrogen-bond donors (Lipinski definition) is 2. The summed E-state index contributed by atoms with van der Waals surface area (Å²) in [4.78, 5) is 27.3. The van der Waals surface area contributed by atoms with Gasteiger partial charge in [-0.2, -0.15) is 10.5 Å². The number of aryl methyl sites for hydroxylation is 3. The van der Waals surface area contributed by atoms with Crippen LogP contribution >= 0.6 is 23.1 Å². The Hall–Kier alpha value is -7.43. The lowest BCUT2D eigenvalue weighted by molar-refractivity contribution is -0.133. The van der Waals surface area contributed by atoms with E-state index in [4.69, 9.17) is 10.5 Å². The monoisotopic (exact) mass is 847 g/mol. The zero-order valence-corrected chi connectivity index (χ0v) is 35.9. The van der Waals surface area contributed by atoms with Crippen LogP contribution in [0, 0.1) is 43.4 Å². The second-order valence-electron chi connectivity index (χ2n) is 14.8. The summed E-state index contributed by atoms with van der Waals surface area (Å²) in [5, 5.41) is 36.7. The highest BCUT2D eigenvalue weighted by molar-refractivity contribution is 8.03. The maximum atomic E-state index is 11.2. The van der Waals surface area contributed by atoms with E-state index in [1.54, 1.807) is 23.9 Å². The summed E-state index contributed by atoms with van der Waals surface area (Å²) in [6.45, 7) is 6.44. The lowest BCUT2D eigenvalue weighted by Crippen LogP contribution is -2.13. The molecule has 6 aromatic rings. The van der Waals surface area contributed by atoms with Crippen molar-refractivity contribution in [1.29, 1.82) is 10.5 Å². The molecular weight excluding hydrogens is 807 g/mol. The molecule has 9 heteroatoms. The standard InChI is InChI=1S/C53H41N3O4S2/c1-34-28-35(2)51(36(3)29-34)56(45-20-12-39(13-21-45)6-4-37-8-16-41(17-9-37)49-26-24-47(61-49)30-43(32-54)52(57)58)46-22-14-40(15-23-46)7-5-38-10-18-42(19-11-38)50-27-25-48(62-50)31-44(33-55)53(59)60/h4-26,28-31,50H,27H2,1-3H3,(H,57,58)(H,59,60)/b6-4+,7-5+,43-30-,44-31-. The van der Waals surface area contributed by atoms with E-state index in [0.717, 1.165) is 66.6 Å². The van der Waals surface area contributed by atoms with Gasteiger partial charge in [-0.05, 0) is 120 Å². The van der Waals surface area contributed by atoms with Gasteiger partial charge >= 0.3 is 11.9 Å². The molecule has 0 saturated carbocycles. The van der Waals surface area contributed by atoms with E-state index in [9.17, 15) is 19.8 Å². The number of benzene rings is 5. The molecule has 0 bridgehead atoms. The van der Waals surface area contributed by atoms with Crippen LogP contribution in [0.4, 0.5) is 17.1 Å². The minimum atomic E-state index is -1.24. The van der Waals surface area contributed by atoms with Crippen LogP contribution in [-0.2, 0) is 9.59 Å². The van der Waals surface area contributed by atoms with Crippen LogP contribution in [0.25, 0.3) is 40.8 Å². The molecule has 62 heavy (non-hydrogen) atoms. The number of hydrogen-bond acceptors (Lipinski definition) is 7. The van der Waals surface area contributed by atoms with Crippen molar-refractivity contribution in [2.45, 2.75) is 32.4 Å². The van der Waals surface area contributed by atoms with Crippen molar-refractivity contribution in [3.8, 4) is 22.6 Å². The highest BCUT2D eigenvalue weighted by Crippen LogP contribution is 2.45. The molecule has 0 fully saturated rings. The van der Waals surface area contributed by atoms with Gasteiger partial charge in [0.1, 0.15) is 23.3 Å². The van der Waals surface area contributed by atoms with Crippen molar-refractivity contribution in [2.75, 3.05) is 4.90 Å². The van der Waals surface area contributed by atoms with E-state index in [2.05, 4.69) is 147 Å². The average Bonchev–Trinajstić information content (AvgIpc) is 3.95. The van der Waals surface area contributed by atoms with Crippen molar-refractivity contribution in [3.05, 3.63) is 199 Å². The average molecular weight is 848 g/mol. The van der Waals surface area contributed by atoms with Gasteiger partial charge in [-0.25, -0.2) is 9.59 Å². The van der Waals surface area contributed by atoms with Gasteiger partial charge in [-0.3, -0.25) is 0 Å². The fourth-order valence-electron chi connectivity index (χ4n) is 7.30. The number of aliphatic carboxylic acids is 2. The molecule has 7 nitrogen and oxygen atoms in total. The topological polar surface area (TPSA) is 125 Å². The molecule has 7 rings (SSSR count). The molecule has 0 saturated heterocycles. The molecule has 0 radical (unpaired) electrons. The quantitative estimate of drug-likeness (QED) is 0.0668. The molecule has 1 aliphatic rings. The van der Waals surface area contributed by atoms with Crippen LogP contribution in [0.1, 0.15) is 61.1 Å². The third-order valence-electron chi connectivity index (χ3n) is 10.3. The first-order valence-electron chi connectivity index (χ1n) is 19.8. The Labute approximate surface area is 369 Å². The Bertz CT molecular complexity index is 2860. The van der Waals surface area contributed by atoms with Gasteiger partial charge in [0.25, 0.3) is 0 Å². The van der Waals surface area contributed by atoms with Crippen LogP contribution in [0.15, 0.2) is 150 Å². The van der Waals surface area contributed by atoms with Gasteiger partial charge in [0.05, 0.1) is 5.69 Å². The SMILES string of the molecule is Cc1cc(C)c(N(c2ccc(/C=C/c3ccc(-c4ccc(/C=C(/C#N)C(=O)O)s4)cc3)cc2)c2ccc(/C=C/c3ccc(C4CC=C(/C=C(/C#N)C(=O)O)S4)cc3)cc2)c(C)c1. The number of carboxylic acid groups (broad SMARTS) is 2. The molecule has 1 aromatic heterocycles. The van der Waals surface area contributed by atoms with Crippen LogP contribution < -0.4 is 4.90 Å². The maximum absolute atomic E-state index is 11.2. The molecule has 0 aliphatic carbocycles. The first-order chi connectivity index (χ1) is 30.0. The Morgan fingerprint density at radius 2 is 1.11 bits per heavy atom. The fourth-order valence-corrected chi connectivity index (χ4v) is 9.45. The highest BCUT2D eigenvalue weighted by atomic mass is 32.2. The first kappa shape index (κ1) is 42.7. The van der Waals surface area contributed by atoms with Crippen molar-refractivity contribution in [2.24, 2.45) is 0 Å². The number of anilines is 3. The predicted molar refractivity (Wildman–Crippen MR) is 255 cm³/mol. The van der Waals surface area contributed by atoms with Gasteiger partial charge in [0, 0.05) is 31.3 Å². The van der Waals surface area contributed by atoms with Crippen LogP contribution in [0.3, 0.4) is 0 Å². The van der Waals surface area contributed by atoms with Crippen molar-refractivity contribution in [1.82, 2.24) is 0 Å². The van der Waals surface area contributed by atoms with E-state index in [1.807, 2.05) is 30.3 Å². The van der Waals surface area contributed by atoms with E-state index < -0.39 is 11.9 Å². The molecule has 1 aliphatic heterocycles.